The predicted octanol–water partition coefficient (Wildman–Crippen LogP) is 2.12. The van der Waals surface area contributed by atoms with E-state index in [-0.39, 0.29) is 24.6 Å². The van der Waals surface area contributed by atoms with Gasteiger partial charge in [0, 0.05) is 5.56 Å². The van der Waals surface area contributed by atoms with Crippen LogP contribution in [0.3, 0.4) is 0 Å². The second-order valence-corrected chi connectivity index (χ2v) is 8.65. The Hall–Kier alpha value is -2.22. The number of rotatable bonds is 10. The van der Waals surface area contributed by atoms with Gasteiger partial charge in [-0.1, -0.05) is 42.5 Å². The normalized spacial score (nSPS) is 11.6. The molecule has 0 saturated carbocycles. The first kappa shape index (κ1) is 21.1. The van der Waals surface area contributed by atoms with Crippen molar-refractivity contribution in [2.45, 2.75) is 13.0 Å². The summed E-state index contributed by atoms with van der Waals surface area (Å²) < 4.78 is 27.4. The third-order valence-corrected chi connectivity index (χ3v) is 5.99. The highest BCUT2D eigenvalue weighted by atomic mass is 32.2. The first-order valence-electron chi connectivity index (χ1n) is 8.86. The molecule has 0 unspecified atom stereocenters. The first-order valence-corrected chi connectivity index (χ1v) is 10.5. The molecule has 0 bridgehead atoms. The fourth-order valence-electron chi connectivity index (χ4n) is 2.70. The average Bonchev–Trinajstić information content (AvgIpc) is 2.66. The van der Waals surface area contributed by atoms with Crippen molar-refractivity contribution < 1.29 is 13.2 Å². The molecule has 0 fully saturated rings. The van der Waals surface area contributed by atoms with Gasteiger partial charge >= 0.3 is 0 Å². The molecule has 0 heterocycles. The van der Waals surface area contributed by atoms with Crippen LogP contribution in [0.5, 0.6) is 0 Å². The van der Waals surface area contributed by atoms with Crippen LogP contribution < -0.4 is 10.0 Å². The van der Waals surface area contributed by atoms with Gasteiger partial charge in [0.2, 0.25) is 10.0 Å². The molecule has 0 aliphatic carbocycles. The van der Waals surface area contributed by atoms with E-state index in [1.807, 2.05) is 37.2 Å². The summed E-state index contributed by atoms with van der Waals surface area (Å²) in [5.41, 5.74) is 7.35. The van der Waals surface area contributed by atoms with E-state index in [0.29, 0.717) is 24.2 Å². The topological polar surface area (TPSA) is 83.7 Å². The molecule has 6 nitrogen and oxygen atoms in total. The summed E-state index contributed by atoms with van der Waals surface area (Å²) in [6.45, 7) is 0.874. The highest BCUT2D eigenvalue weighted by molar-refractivity contribution is 7.92. The highest BCUT2D eigenvalue weighted by Crippen LogP contribution is 2.22. The van der Waals surface area contributed by atoms with E-state index < -0.39 is 10.0 Å². The Labute approximate surface area is 161 Å². The lowest BCUT2D eigenvalue weighted by molar-refractivity contribution is 0.100. The molecule has 0 spiro atoms. The number of para-hydroxylation sites is 1. The Morgan fingerprint density at radius 1 is 1.00 bits per heavy atom. The Kier molecular flexibility index (Phi) is 7.53. The molecule has 2 N–H and O–H groups in total. The van der Waals surface area contributed by atoms with E-state index in [2.05, 4.69) is 0 Å². The third kappa shape index (κ3) is 6.16. The van der Waals surface area contributed by atoms with Gasteiger partial charge in [-0.2, -0.15) is 0 Å². The van der Waals surface area contributed by atoms with Crippen molar-refractivity contribution in [3.05, 3.63) is 65.7 Å². The molecule has 0 atom stereocenters. The van der Waals surface area contributed by atoms with E-state index in [0.717, 1.165) is 5.56 Å². The zero-order chi connectivity index (χ0) is 19.9. The number of anilines is 1. The van der Waals surface area contributed by atoms with Crippen molar-refractivity contribution in [3.8, 4) is 0 Å². The van der Waals surface area contributed by atoms with Crippen molar-refractivity contribution in [3.63, 3.8) is 0 Å². The molecule has 0 radical (unpaired) electrons. The van der Waals surface area contributed by atoms with Gasteiger partial charge in [-0.05, 0) is 44.8 Å². The molecule has 2 aromatic rings. The Morgan fingerprint density at radius 3 is 2.19 bits per heavy atom. The van der Waals surface area contributed by atoms with Gasteiger partial charge in [-0.25, -0.2) is 8.42 Å². The van der Waals surface area contributed by atoms with Gasteiger partial charge in [0.1, 0.15) is 0 Å². The molecule has 2 aromatic carbocycles. The van der Waals surface area contributed by atoms with Gasteiger partial charge < -0.3 is 10.6 Å². The lowest BCUT2D eigenvalue weighted by Crippen LogP contribution is -2.33. The Bertz CT molecular complexity index is 835. The van der Waals surface area contributed by atoms with Gasteiger partial charge in [0.05, 0.1) is 24.5 Å². The fraction of sp³-hybridized carbons (Fsp3) is 0.350. The molecule has 0 saturated heterocycles. The summed E-state index contributed by atoms with van der Waals surface area (Å²) in [4.78, 5) is 13.6. The minimum atomic E-state index is -3.48. The molecule has 2 rings (SSSR count). The van der Waals surface area contributed by atoms with Crippen LogP contribution in [0.4, 0.5) is 5.69 Å². The van der Waals surface area contributed by atoms with Crippen LogP contribution in [0.15, 0.2) is 54.6 Å². The number of nitrogens with zero attached hydrogens (tertiary/aromatic N) is 2. The van der Waals surface area contributed by atoms with Gasteiger partial charge in [-0.3, -0.25) is 9.10 Å². The molecule has 7 heteroatoms. The highest BCUT2D eigenvalue weighted by Gasteiger charge is 2.22. The molecule has 27 heavy (non-hydrogen) atoms. The maximum absolute atomic E-state index is 13.0. The third-order valence-electron chi connectivity index (χ3n) is 4.18. The van der Waals surface area contributed by atoms with E-state index in [1.54, 1.807) is 36.4 Å². The smallest absolute Gasteiger partial charge is 0.235 e. The zero-order valence-electron chi connectivity index (χ0n) is 15.8. The number of nitrogens with two attached hydrogens (primary N) is 1. The van der Waals surface area contributed by atoms with Crippen LogP contribution in [-0.4, -0.2) is 52.0 Å². The standard InChI is InChI=1S/C20H27N3O3S/c1-22(2)13-6-14-27(25,26)23(19-7-4-3-5-8-19)16-17-9-11-18(12-10-17)20(24)15-21/h3-5,7-12H,6,13-16,21H2,1-2H3. The van der Waals surface area contributed by atoms with Crippen LogP contribution in [0, 0.1) is 0 Å². The van der Waals surface area contributed by atoms with Gasteiger partial charge in [0.25, 0.3) is 0 Å². The maximum Gasteiger partial charge on any atom is 0.235 e. The number of hydrogen-bond donors (Lipinski definition) is 1. The van der Waals surface area contributed by atoms with E-state index in [1.165, 1.54) is 4.31 Å². The number of carbonyl (C=O) groups excluding carboxylic acids is 1. The molecule has 146 valence electrons. The van der Waals surface area contributed by atoms with Crippen LogP contribution in [0.1, 0.15) is 22.3 Å². The van der Waals surface area contributed by atoms with E-state index in [4.69, 9.17) is 5.73 Å². The number of benzene rings is 2. The lowest BCUT2D eigenvalue weighted by Gasteiger charge is -2.25. The SMILES string of the molecule is CN(C)CCCS(=O)(=O)N(Cc1ccc(C(=O)CN)cc1)c1ccccc1. The van der Waals surface area contributed by atoms with Gasteiger partial charge in [-0.15, -0.1) is 0 Å². The number of Topliss-reactive ketones (excluding diaryl/α,β-unsaturated/α-hetero) is 1. The zero-order valence-corrected chi connectivity index (χ0v) is 16.7. The summed E-state index contributed by atoms with van der Waals surface area (Å²) in [6, 6.07) is 16.0. The van der Waals surface area contributed by atoms with Crippen LogP contribution in [0.2, 0.25) is 0 Å². The number of carbonyl (C=O) groups is 1. The Morgan fingerprint density at radius 2 is 1.63 bits per heavy atom. The van der Waals surface area contributed by atoms with Crippen LogP contribution >= 0.6 is 0 Å². The average molecular weight is 390 g/mol. The summed E-state index contributed by atoms with van der Waals surface area (Å²) >= 11 is 0. The van der Waals surface area contributed by atoms with Crippen molar-refractivity contribution in [2.75, 3.05) is 37.2 Å². The lowest BCUT2D eigenvalue weighted by atomic mass is 10.1. The number of ketones is 1. The van der Waals surface area contributed by atoms with Gasteiger partial charge in [0.15, 0.2) is 5.78 Å². The quantitative estimate of drug-likeness (QED) is 0.629. The number of hydrogen-bond acceptors (Lipinski definition) is 5. The van der Waals surface area contributed by atoms with E-state index >= 15 is 0 Å². The monoisotopic (exact) mass is 389 g/mol. The summed E-state index contributed by atoms with van der Waals surface area (Å²) in [7, 11) is 0.364. The summed E-state index contributed by atoms with van der Waals surface area (Å²) in [5.74, 6) is -0.0677. The fourth-order valence-corrected chi connectivity index (χ4v) is 4.20. The second kappa shape index (κ2) is 9.64. The largest absolute Gasteiger partial charge is 0.324 e. The number of sulfonamides is 1. The van der Waals surface area contributed by atoms with Crippen LogP contribution in [0.25, 0.3) is 0 Å². The molecular formula is C20H27N3O3S. The van der Waals surface area contributed by atoms with Crippen molar-refractivity contribution in [2.24, 2.45) is 5.73 Å². The summed E-state index contributed by atoms with van der Waals surface area (Å²) in [5, 5.41) is 0. The molecular weight excluding hydrogens is 362 g/mol. The van der Waals surface area contributed by atoms with Crippen LogP contribution in [-0.2, 0) is 16.6 Å². The van der Waals surface area contributed by atoms with Crippen molar-refractivity contribution >= 4 is 21.5 Å². The first-order chi connectivity index (χ1) is 12.8. The summed E-state index contributed by atoms with van der Waals surface area (Å²) in [6.07, 6.45) is 0.558. The van der Waals surface area contributed by atoms with E-state index in [9.17, 15) is 13.2 Å². The minimum absolute atomic E-state index is 0.0459. The molecule has 0 aromatic heterocycles. The predicted molar refractivity (Wildman–Crippen MR) is 109 cm³/mol. The Balaban J connectivity index is 2.24. The molecule has 0 amide bonds. The molecule has 0 aliphatic rings. The van der Waals surface area contributed by atoms with Crippen molar-refractivity contribution in [1.29, 1.82) is 0 Å². The van der Waals surface area contributed by atoms with Crippen molar-refractivity contribution in [1.82, 2.24) is 4.90 Å². The second-order valence-electron chi connectivity index (χ2n) is 6.64. The minimum Gasteiger partial charge on any atom is -0.324 e. The molecule has 0 aliphatic heterocycles. The maximum atomic E-state index is 13.0.